The first-order chi connectivity index (χ1) is 8.22. The molecule has 1 aromatic carbocycles. The molecule has 0 aliphatic carbocycles. The predicted octanol–water partition coefficient (Wildman–Crippen LogP) is 2.20. The number of hydrogen-bond donors (Lipinski definition) is 1. The standard InChI is InChI=1S/C13H16O4/c1-16-9-10-17-12-7-5-11(6-8-12)3-2-4-13(14)15/h2-3,5-8H,4,9-10H2,1H3,(H,14,15). The lowest BCUT2D eigenvalue weighted by molar-refractivity contribution is -0.135. The average Bonchev–Trinajstić information content (AvgIpc) is 2.31. The number of methoxy groups -OCH3 is 1. The number of hydrogen-bond acceptors (Lipinski definition) is 3. The highest BCUT2D eigenvalue weighted by Gasteiger charge is 1.94. The number of carbonyl (C=O) groups is 1. The van der Waals surface area contributed by atoms with Gasteiger partial charge >= 0.3 is 5.97 Å². The normalized spacial score (nSPS) is 10.6. The number of carboxylic acids is 1. The molecule has 0 fully saturated rings. The van der Waals surface area contributed by atoms with Crippen LogP contribution >= 0.6 is 0 Å². The Kier molecular flexibility index (Phi) is 5.82. The van der Waals surface area contributed by atoms with E-state index in [1.807, 2.05) is 24.3 Å². The van der Waals surface area contributed by atoms with Gasteiger partial charge in [0.05, 0.1) is 13.0 Å². The summed E-state index contributed by atoms with van der Waals surface area (Å²) in [5, 5.41) is 8.47. The summed E-state index contributed by atoms with van der Waals surface area (Å²) in [6.45, 7) is 1.07. The molecule has 4 heteroatoms. The van der Waals surface area contributed by atoms with Crippen molar-refractivity contribution in [3.05, 3.63) is 35.9 Å². The Hall–Kier alpha value is -1.81. The van der Waals surface area contributed by atoms with Crippen LogP contribution in [0.15, 0.2) is 30.3 Å². The minimum Gasteiger partial charge on any atom is -0.491 e. The van der Waals surface area contributed by atoms with Crippen molar-refractivity contribution in [2.24, 2.45) is 0 Å². The lowest BCUT2D eigenvalue weighted by Gasteiger charge is -2.05. The second kappa shape index (κ2) is 7.46. The van der Waals surface area contributed by atoms with Crippen molar-refractivity contribution < 1.29 is 19.4 Å². The van der Waals surface area contributed by atoms with E-state index in [2.05, 4.69) is 0 Å². The van der Waals surface area contributed by atoms with Crippen molar-refractivity contribution in [1.29, 1.82) is 0 Å². The minimum atomic E-state index is -0.833. The summed E-state index contributed by atoms with van der Waals surface area (Å²) in [4.78, 5) is 10.3. The van der Waals surface area contributed by atoms with Crippen LogP contribution in [0.25, 0.3) is 6.08 Å². The lowest BCUT2D eigenvalue weighted by Crippen LogP contribution is -2.03. The van der Waals surface area contributed by atoms with Crippen molar-refractivity contribution in [3.63, 3.8) is 0 Å². The molecular weight excluding hydrogens is 220 g/mol. The van der Waals surface area contributed by atoms with Crippen LogP contribution in [-0.4, -0.2) is 31.4 Å². The first-order valence-electron chi connectivity index (χ1n) is 5.32. The first-order valence-corrected chi connectivity index (χ1v) is 5.32. The Labute approximate surface area is 100 Å². The predicted molar refractivity (Wildman–Crippen MR) is 65.1 cm³/mol. The molecule has 0 radical (unpaired) electrons. The van der Waals surface area contributed by atoms with Gasteiger partial charge in [-0.1, -0.05) is 24.3 Å². The van der Waals surface area contributed by atoms with Crippen molar-refractivity contribution in [2.45, 2.75) is 6.42 Å². The Morgan fingerprint density at radius 2 is 2.00 bits per heavy atom. The summed E-state index contributed by atoms with van der Waals surface area (Å²) in [5.74, 6) is -0.0572. The van der Waals surface area contributed by atoms with E-state index in [0.29, 0.717) is 13.2 Å². The zero-order chi connectivity index (χ0) is 12.5. The van der Waals surface area contributed by atoms with Gasteiger partial charge in [-0.15, -0.1) is 0 Å². The van der Waals surface area contributed by atoms with Crippen LogP contribution in [0.3, 0.4) is 0 Å². The molecule has 0 spiro atoms. The molecule has 0 bridgehead atoms. The van der Waals surface area contributed by atoms with Crippen molar-refractivity contribution in [1.82, 2.24) is 0 Å². The van der Waals surface area contributed by atoms with Gasteiger partial charge in [0.1, 0.15) is 12.4 Å². The number of rotatable bonds is 7. The molecule has 17 heavy (non-hydrogen) atoms. The highest BCUT2D eigenvalue weighted by atomic mass is 16.5. The maximum Gasteiger partial charge on any atom is 0.307 e. The Morgan fingerprint density at radius 3 is 2.59 bits per heavy atom. The summed E-state index contributed by atoms with van der Waals surface area (Å²) in [6, 6.07) is 7.44. The summed E-state index contributed by atoms with van der Waals surface area (Å²) in [7, 11) is 1.62. The third-order valence-corrected chi connectivity index (χ3v) is 2.04. The van der Waals surface area contributed by atoms with E-state index in [-0.39, 0.29) is 6.42 Å². The maximum absolute atomic E-state index is 10.3. The van der Waals surface area contributed by atoms with Gasteiger partial charge in [-0.05, 0) is 17.7 Å². The van der Waals surface area contributed by atoms with E-state index in [1.54, 1.807) is 19.3 Å². The molecule has 0 atom stereocenters. The molecule has 0 saturated carbocycles. The van der Waals surface area contributed by atoms with Crippen LogP contribution in [-0.2, 0) is 9.53 Å². The molecule has 0 amide bonds. The number of ether oxygens (including phenoxy) is 2. The Bertz CT molecular complexity index is 368. The second-order valence-corrected chi connectivity index (χ2v) is 3.41. The summed E-state index contributed by atoms with van der Waals surface area (Å²) in [6.07, 6.45) is 3.42. The molecule has 0 unspecified atom stereocenters. The summed E-state index contributed by atoms with van der Waals surface area (Å²) < 4.78 is 10.3. The zero-order valence-corrected chi connectivity index (χ0v) is 9.76. The Morgan fingerprint density at radius 1 is 1.29 bits per heavy atom. The van der Waals surface area contributed by atoms with Gasteiger partial charge in [-0.25, -0.2) is 0 Å². The van der Waals surface area contributed by atoms with Gasteiger partial charge in [0.2, 0.25) is 0 Å². The number of carboxylic acid groups (broad SMARTS) is 1. The van der Waals surface area contributed by atoms with Crippen molar-refractivity contribution in [2.75, 3.05) is 20.3 Å². The number of benzene rings is 1. The Balaban J connectivity index is 2.44. The van der Waals surface area contributed by atoms with E-state index < -0.39 is 5.97 Å². The van der Waals surface area contributed by atoms with Crippen LogP contribution in [0.2, 0.25) is 0 Å². The fourth-order valence-electron chi connectivity index (χ4n) is 1.21. The van der Waals surface area contributed by atoms with E-state index in [0.717, 1.165) is 11.3 Å². The first kappa shape index (κ1) is 13.3. The fraction of sp³-hybridized carbons (Fsp3) is 0.308. The third kappa shape index (κ3) is 5.73. The smallest absolute Gasteiger partial charge is 0.307 e. The number of aliphatic carboxylic acids is 1. The molecule has 0 aliphatic rings. The van der Waals surface area contributed by atoms with Gasteiger partial charge in [0, 0.05) is 7.11 Å². The third-order valence-electron chi connectivity index (χ3n) is 2.04. The van der Waals surface area contributed by atoms with Crippen LogP contribution in [0, 0.1) is 0 Å². The van der Waals surface area contributed by atoms with Crippen LogP contribution < -0.4 is 4.74 Å². The topological polar surface area (TPSA) is 55.8 Å². The van der Waals surface area contributed by atoms with Crippen LogP contribution in [0.1, 0.15) is 12.0 Å². The van der Waals surface area contributed by atoms with E-state index in [4.69, 9.17) is 14.6 Å². The van der Waals surface area contributed by atoms with Gasteiger partial charge in [0.15, 0.2) is 0 Å². The monoisotopic (exact) mass is 236 g/mol. The average molecular weight is 236 g/mol. The molecule has 0 aliphatic heterocycles. The fourth-order valence-corrected chi connectivity index (χ4v) is 1.21. The van der Waals surface area contributed by atoms with Gasteiger partial charge < -0.3 is 14.6 Å². The summed E-state index contributed by atoms with van der Waals surface area (Å²) >= 11 is 0. The highest BCUT2D eigenvalue weighted by Crippen LogP contribution is 2.13. The van der Waals surface area contributed by atoms with Crippen molar-refractivity contribution in [3.8, 4) is 5.75 Å². The quantitative estimate of drug-likeness (QED) is 0.737. The summed E-state index contributed by atoms with van der Waals surface area (Å²) in [5.41, 5.74) is 0.949. The molecule has 1 aromatic rings. The molecule has 0 saturated heterocycles. The van der Waals surface area contributed by atoms with E-state index in [1.165, 1.54) is 0 Å². The SMILES string of the molecule is COCCOc1ccc(C=CCC(=O)O)cc1. The second-order valence-electron chi connectivity index (χ2n) is 3.41. The molecule has 4 nitrogen and oxygen atoms in total. The minimum absolute atomic E-state index is 0.0338. The molecule has 0 aromatic heterocycles. The molecule has 1 rings (SSSR count). The van der Waals surface area contributed by atoms with Crippen LogP contribution in [0.4, 0.5) is 0 Å². The van der Waals surface area contributed by atoms with Crippen LogP contribution in [0.5, 0.6) is 5.75 Å². The van der Waals surface area contributed by atoms with Gasteiger partial charge in [0.25, 0.3) is 0 Å². The van der Waals surface area contributed by atoms with Gasteiger partial charge in [-0.2, -0.15) is 0 Å². The van der Waals surface area contributed by atoms with Crippen molar-refractivity contribution >= 4 is 12.0 Å². The molecule has 0 heterocycles. The zero-order valence-electron chi connectivity index (χ0n) is 9.76. The van der Waals surface area contributed by atoms with E-state index in [9.17, 15) is 4.79 Å². The molecule has 1 N–H and O–H groups in total. The van der Waals surface area contributed by atoms with Gasteiger partial charge in [-0.3, -0.25) is 4.79 Å². The van der Waals surface area contributed by atoms with E-state index >= 15 is 0 Å². The largest absolute Gasteiger partial charge is 0.491 e. The molecular formula is C13H16O4. The highest BCUT2D eigenvalue weighted by molar-refractivity contribution is 5.70. The maximum atomic E-state index is 10.3. The lowest BCUT2D eigenvalue weighted by atomic mass is 10.2. The molecule has 92 valence electrons.